The molecule has 0 aliphatic carbocycles. The first-order chi connectivity index (χ1) is 13.7. The molecule has 158 valence electrons. The van der Waals surface area contributed by atoms with Crippen LogP contribution in [-0.4, -0.2) is 45.4 Å². The lowest BCUT2D eigenvalue weighted by Crippen LogP contribution is -2.30. The van der Waals surface area contributed by atoms with E-state index in [1.807, 2.05) is 0 Å². The number of ether oxygens (including phenoxy) is 2. The third-order valence-electron chi connectivity index (χ3n) is 4.28. The Morgan fingerprint density at radius 3 is 2.31 bits per heavy atom. The van der Waals surface area contributed by atoms with Gasteiger partial charge in [-0.25, -0.2) is 8.42 Å². The Hall–Kier alpha value is -2.29. The van der Waals surface area contributed by atoms with E-state index in [0.717, 1.165) is 0 Å². The molecule has 0 unspecified atom stereocenters. The van der Waals surface area contributed by atoms with Gasteiger partial charge in [0.2, 0.25) is 10.0 Å². The Morgan fingerprint density at radius 1 is 1.10 bits per heavy atom. The molecule has 0 aliphatic rings. The molecular weight excluding hydrogens is 416 g/mol. The summed E-state index contributed by atoms with van der Waals surface area (Å²) in [6.07, 6.45) is 0. The zero-order valence-corrected chi connectivity index (χ0v) is 18.4. The van der Waals surface area contributed by atoms with Crippen molar-refractivity contribution in [2.45, 2.75) is 25.7 Å². The van der Waals surface area contributed by atoms with Gasteiger partial charge in [-0.2, -0.15) is 4.31 Å². The molecule has 1 N–H and O–H groups in total. The van der Waals surface area contributed by atoms with E-state index in [9.17, 15) is 13.2 Å². The third kappa shape index (κ3) is 5.62. The summed E-state index contributed by atoms with van der Waals surface area (Å²) < 4.78 is 37.2. The maximum absolute atomic E-state index is 12.6. The number of aryl methyl sites for hydroxylation is 1. The lowest BCUT2D eigenvalue weighted by atomic mass is 10.2. The minimum Gasteiger partial charge on any atom is -0.495 e. The van der Waals surface area contributed by atoms with Crippen molar-refractivity contribution in [2.75, 3.05) is 32.1 Å². The van der Waals surface area contributed by atoms with Gasteiger partial charge in [0.1, 0.15) is 11.5 Å². The number of anilines is 1. The van der Waals surface area contributed by atoms with Gasteiger partial charge in [0.15, 0.2) is 6.61 Å². The van der Waals surface area contributed by atoms with Crippen LogP contribution in [-0.2, 0) is 14.8 Å². The van der Waals surface area contributed by atoms with Gasteiger partial charge in [0.25, 0.3) is 5.91 Å². The van der Waals surface area contributed by atoms with Gasteiger partial charge in [0, 0.05) is 18.8 Å². The summed E-state index contributed by atoms with van der Waals surface area (Å²) in [5.74, 6) is 0.577. The quantitative estimate of drug-likeness (QED) is 0.642. The number of sulfonamides is 1. The van der Waals surface area contributed by atoms with Crippen molar-refractivity contribution in [3.63, 3.8) is 0 Å². The first-order valence-electron chi connectivity index (χ1n) is 9.09. The Morgan fingerprint density at radius 2 is 1.76 bits per heavy atom. The van der Waals surface area contributed by atoms with Crippen LogP contribution in [0.5, 0.6) is 11.5 Å². The van der Waals surface area contributed by atoms with Crippen LogP contribution >= 0.6 is 11.6 Å². The fourth-order valence-electron chi connectivity index (χ4n) is 2.74. The van der Waals surface area contributed by atoms with Crippen molar-refractivity contribution in [3.05, 3.63) is 47.0 Å². The molecule has 0 spiro atoms. The molecule has 7 nitrogen and oxygen atoms in total. The van der Waals surface area contributed by atoms with Crippen molar-refractivity contribution in [1.29, 1.82) is 0 Å². The summed E-state index contributed by atoms with van der Waals surface area (Å²) in [5.41, 5.74) is 1.14. The minimum absolute atomic E-state index is 0.198. The first kappa shape index (κ1) is 23.0. The summed E-state index contributed by atoms with van der Waals surface area (Å²) in [6.45, 7) is 5.88. The van der Waals surface area contributed by atoms with Crippen molar-refractivity contribution in [2.24, 2.45) is 0 Å². The monoisotopic (exact) mass is 440 g/mol. The van der Waals surface area contributed by atoms with E-state index in [0.29, 0.717) is 40.9 Å². The second kappa shape index (κ2) is 9.96. The molecule has 0 radical (unpaired) electrons. The summed E-state index contributed by atoms with van der Waals surface area (Å²) in [6, 6.07) is 9.49. The summed E-state index contributed by atoms with van der Waals surface area (Å²) >= 11 is 6.04. The molecule has 0 fully saturated rings. The molecule has 0 saturated carbocycles. The second-order valence-electron chi connectivity index (χ2n) is 6.20. The molecular formula is C20H25ClN2O5S. The maximum atomic E-state index is 12.6. The van der Waals surface area contributed by atoms with Crippen LogP contribution in [0.4, 0.5) is 5.69 Å². The zero-order valence-electron chi connectivity index (χ0n) is 16.9. The van der Waals surface area contributed by atoms with Crippen LogP contribution in [0.2, 0.25) is 5.02 Å². The van der Waals surface area contributed by atoms with Crippen molar-refractivity contribution in [1.82, 2.24) is 4.31 Å². The number of nitrogens with one attached hydrogen (secondary N) is 1. The van der Waals surface area contributed by atoms with E-state index >= 15 is 0 Å². The number of carbonyl (C=O) groups excluding carboxylic acids is 1. The predicted molar refractivity (Wildman–Crippen MR) is 113 cm³/mol. The minimum atomic E-state index is -3.55. The number of nitrogens with zero attached hydrogens (tertiary/aromatic N) is 1. The van der Waals surface area contributed by atoms with E-state index in [1.54, 1.807) is 51.1 Å². The van der Waals surface area contributed by atoms with Crippen molar-refractivity contribution >= 4 is 33.2 Å². The Labute approximate surface area is 176 Å². The van der Waals surface area contributed by atoms with Crippen LogP contribution in [0.1, 0.15) is 19.4 Å². The Bertz CT molecular complexity index is 975. The number of methoxy groups -OCH3 is 1. The molecule has 9 heteroatoms. The molecule has 0 bridgehead atoms. The molecule has 0 saturated heterocycles. The van der Waals surface area contributed by atoms with Crippen LogP contribution in [0.15, 0.2) is 41.3 Å². The van der Waals surface area contributed by atoms with E-state index in [4.69, 9.17) is 21.1 Å². The number of hydrogen-bond acceptors (Lipinski definition) is 5. The molecule has 0 heterocycles. The van der Waals surface area contributed by atoms with Gasteiger partial charge in [-0.05, 0) is 48.9 Å². The SMILES string of the molecule is CCN(CC)S(=O)(=O)c1ccc(OCC(=O)Nc2ccc(OC)c(Cl)c2)c(C)c1. The largest absolute Gasteiger partial charge is 0.495 e. The average Bonchev–Trinajstić information content (AvgIpc) is 2.68. The molecule has 2 rings (SSSR count). The van der Waals surface area contributed by atoms with E-state index in [2.05, 4.69) is 5.32 Å². The second-order valence-corrected chi connectivity index (χ2v) is 8.55. The molecule has 2 aromatic carbocycles. The normalized spacial score (nSPS) is 11.4. The number of benzene rings is 2. The highest BCUT2D eigenvalue weighted by atomic mass is 35.5. The summed E-state index contributed by atoms with van der Waals surface area (Å²) in [5, 5.41) is 3.06. The van der Waals surface area contributed by atoms with Gasteiger partial charge < -0.3 is 14.8 Å². The number of rotatable bonds is 9. The van der Waals surface area contributed by atoms with Crippen LogP contribution in [0, 0.1) is 6.92 Å². The van der Waals surface area contributed by atoms with E-state index < -0.39 is 10.0 Å². The molecule has 0 aliphatic heterocycles. The highest BCUT2D eigenvalue weighted by molar-refractivity contribution is 7.89. The van der Waals surface area contributed by atoms with Gasteiger partial charge in [0.05, 0.1) is 17.0 Å². The highest BCUT2D eigenvalue weighted by Crippen LogP contribution is 2.27. The van der Waals surface area contributed by atoms with Gasteiger partial charge in [-0.3, -0.25) is 4.79 Å². The van der Waals surface area contributed by atoms with Gasteiger partial charge in [-0.15, -0.1) is 0 Å². The van der Waals surface area contributed by atoms with Crippen LogP contribution in [0.25, 0.3) is 0 Å². The smallest absolute Gasteiger partial charge is 0.262 e. The summed E-state index contributed by atoms with van der Waals surface area (Å²) in [4.78, 5) is 12.3. The number of carbonyl (C=O) groups is 1. The van der Waals surface area contributed by atoms with Crippen LogP contribution < -0.4 is 14.8 Å². The van der Waals surface area contributed by atoms with Gasteiger partial charge >= 0.3 is 0 Å². The fourth-order valence-corrected chi connectivity index (χ4v) is 4.54. The topological polar surface area (TPSA) is 84.9 Å². The Balaban J connectivity index is 2.04. The van der Waals surface area contributed by atoms with Gasteiger partial charge in [-0.1, -0.05) is 25.4 Å². The molecule has 29 heavy (non-hydrogen) atoms. The number of amides is 1. The predicted octanol–water partition coefficient (Wildman–Crippen LogP) is 3.71. The van der Waals surface area contributed by atoms with Crippen molar-refractivity contribution in [3.8, 4) is 11.5 Å². The Kier molecular flexibility index (Phi) is 7.89. The molecule has 0 aromatic heterocycles. The number of hydrogen-bond donors (Lipinski definition) is 1. The zero-order chi connectivity index (χ0) is 21.6. The molecule has 2 aromatic rings. The standard InChI is InChI=1S/C20H25ClN2O5S/c1-5-23(6-2)29(25,26)16-8-10-18(14(3)11-16)28-13-20(24)22-15-7-9-19(27-4)17(21)12-15/h7-12H,5-6,13H2,1-4H3,(H,22,24). The highest BCUT2D eigenvalue weighted by Gasteiger charge is 2.22. The maximum Gasteiger partial charge on any atom is 0.262 e. The number of halogens is 1. The van der Waals surface area contributed by atoms with E-state index in [-0.39, 0.29) is 17.4 Å². The lowest BCUT2D eigenvalue weighted by molar-refractivity contribution is -0.118. The fraction of sp³-hybridized carbons (Fsp3) is 0.350. The summed E-state index contributed by atoms with van der Waals surface area (Å²) in [7, 11) is -2.04. The molecule has 0 atom stereocenters. The van der Waals surface area contributed by atoms with E-state index in [1.165, 1.54) is 17.5 Å². The average molecular weight is 441 g/mol. The first-order valence-corrected chi connectivity index (χ1v) is 10.9. The third-order valence-corrected chi connectivity index (χ3v) is 6.63. The molecule has 1 amide bonds. The van der Waals surface area contributed by atoms with Crippen LogP contribution in [0.3, 0.4) is 0 Å². The lowest BCUT2D eigenvalue weighted by Gasteiger charge is -2.19. The van der Waals surface area contributed by atoms with Crippen molar-refractivity contribution < 1.29 is 22.7 Å².